The van der Waals surface area contributed by atoms with E-state index in [1.54, 1.807) is 6.26 Å². The predicted octanol–water partition coefficient (Wildman–Crippen LogP) is 13.3. The minimum absolute atomic E-state index is 0.0156. The largest absolute Gasteiger partial charge is 0.756 e. The Kier molecular flexibility index (Phi) is 38.8. The van der Waals surface area contributed by atoms with Crippen LogP contribution in [0.1, 0.15) is 213 Å². The zero-order valence-corrected chi connectivity index (χ0v) is 37.8. The van der Waals surface area contributed by atoms with E-state index < -0.39 is 13.9 Å². The van der Waals surface area contributed by atoms with Gasteiger partial charge in [-0.1, -0.05) is 174 Å². The van der Waals surface area contributed by atoms with Crippen LogP contribution in [0.3, 0.4) is 0 Å². The Morgan fingerprint density at radius 1 is 0.564 bits per heavy atom. The first-order valence-electron chi connectivity index (χ1n) is 23.1. The van der Waals surface area contributed by atoms with Gasteiger partial charge in [-0.2, -0.15) is 0 Å². The van der Waals surface area contributed by atoms with E-state index in [-0.39, 0.29) is 32.2 Å². The molecule has 326 valence electrons. The van der Waals surface area contributed by atoms with Crippen LogP contribution in [-0.2, 0) is 27.9 Å². The molecular weight excluding hydrogens is 709 g/mol. The van der Waals surface area contributed by atoms with Crippen LogP contribution in [0.15, 0.2) is 24.5 Å². The van der Waals surface area contributed by atoms with Gasteiger partial charge in [0.25, 0.3) is 7.82 Å². The minimum atomic E-state index is -4.54. The highest BCUT2D eigenvalue weighted by Gasteiger charge is 2.20. The summed E-state index contributed by atoms with van der Waals surface area (Å²) < 4.78 is 34.4. The lowest BCUT2D eigenvalue weighted by atomic mass is 10.0. The molecule has 0 aliphatic heterocycles. The van der Waals surface area contributed by atoms with Gasteiger partial charge in [0.05, 0.1) is 34.0 Å². The molecule has 0 aromatic heterocycles. The Bertz CT molecular complexity index is 936. The molecule has 9 heteroatoms. The molecule has 0 aliphatic rings. The van der Waals surface area contributed by atoms with Gasteiger partial charge in [0.15, 0.2) is 6.10 Å². The van der Waals surface area contributed by atoms with Crippen LogP contribution >= 0.6 is 7.82 Å². The molecule has 8 nitrogen and oxygen atoms in total. The molecule has 0 amide bonds. The quantitative estimate of drug-likeness (QED) is 0.0151. The second kappa shape index (κ2) is 39.6. The van der Waals surface area contributed by atoms with E-state index in [1.165, 1.54) is 148 Å². The van der Waals surface area contributed by atoms with Crippen LogP contribution in [0.5, 0.6) is 0 Å². The maximum Gasteiger partial charge on any atom is 0.306 e. The molecule has 0 saturated heterocycles. The van der Waals surface area contributed by atoms with Crippen molar-refractivity contribution in [3.05, 3.63) is 24.5 Å². The number of phosphoric ester groups is 1. The first-order chi connectivity index (χ1) is 26.6. The summed E-state index contributed by atoms with van der Waals surface area (Å²) >= 11 is 0. The molecule has 2 atom stereocenters. The number of rotatable bonds is 43. The molecule has 1 unspecified atom stereocenters. The van der Waals surface area contributed by atoms with Crippen LogP contribution in [0.4, 0.5) is 0 Å². The van der Waals surface area contributed by atoms with Crippen LogP contribution in [-0.4, -0.2) is 64.1 Å². The van der Waals surface area contributed by atoms with Crippen LogP contribution < -0.4 is 4.89 Å². The second-order valence-electron chi connectivity index (χ2n) is 16.8. The van der Waals surface area contributed by atoms with Gasteiger partial charge >= 0.3 is 5.97 Å². The lowest BCUT2D eigenvalue weighted by molar-refractivity contribution is -0.870. The second-order valence-corrected chi connectivity index (χ2v) is 18.2. The van der Waals surface area contributed by atoms with E-state index in [0.29, 0.717) is 11.0 Å². The Labute approximate surface area is 341 Å². The average molecular weight is 800 g/mol. The van der Waals surface area contributed by atoms with Crippen molar-refractivity contribution in [2.45, 2.75) is 219 Å². The zero-order valence-electron chi connectivity index (χ0n) is 36.9. The fourth-order valence-electron chi connectivity index (χ4n) is 6.45. The van der Waals surface area contributed by atoms with Crippen molar-refractivity contribution < 1.29 is 37.3 Å². The van der Waals surface area contributed by atoms with Gasteiger partial charge in [0.1, 0.15) is 19.8 Å². The van der Waals surface area contributed by atoms with E-state index >= 15 is 0 Å². The molecule has 55 heavy (non-hydrogen) atoms. The molecule has 0 spiro atoms. The van der Waals surface area contributed by atoms with E-state index in [0.717, 1.165) is 44.9 Å². The van der Waals surface area contributed by atoms with Crippen molar-refractivity contribution in [3.8, 4) is 0 Å². The van der Waals surface area contributed by atoms with E-state index in [4.69, 9.17) is 18.5 Å². The molecule has 0 N–H and O–H groups in total. The maximum atomic E-state index is 12.7. The Morgan fingerprint density at radius 2 is 0.964 bits per heavy atom. The fourth-order valence-corrected chi connectivity index (χ4v) is 7.18. The van der Waals surface area contributed by atoms with Crippen molar-refractivity contribution in [2.24, 2.45) is 0 Å². The van der Waals surface area contributed by atoms with Crippen LogP contribution in [0, 0.1) is 0 Å². The molecule has 0 aromatic rings. The molecule has 0 heterocycles. The van der Waals surface area contributed by atoms with Crippen molar-refractivity contribution in [1.82, 2.24) is 0 Å². The summed E-state index contributed by atoms with van der Waals surface area (Å²) in [5.41, 5.74) is 0. The number of unbranched alkanes of at least 4 members (excludes halogenated alkanes) is 27. The highest BCUT2D eigenvalue weighted by atomic mass is 31.2. The molecule has 0 radical (unpaired) electrons. The van der Waals surface area contributed by atoms with Gasteiger partial charge in [-0.15, -0.1) is 0 Å². The van der Waals surface area contributed by atoms with Gasteiger partial charge in [0.2, 0.25) is 0 Å². The smallest absolute Gasteiger partial charge is 0.306 e. The van der Waals surface area contributed by atoms with E-state index in [2.05, 4.69) is 26.0 Å². The van der Waals surface area contributed by atoms with E-state index in [9.17, 15) is 14.3 Å². The number of allylic oxidation sites excluding steroid dienone is 3. The summed E-state index contributed by atoms with van der Waals surface area (Å²) in [5.74, 6) is -0.369. The van der Waals surface area contributed by atoms with Crippen molar-refractivity contribution in [1.29, 1.82) is 0 Å². The third kappa shape index (κ3) is 43.8. The molecule has 0 bridgehead atoms. The zero-order chi connectivity index (χ0) is 40.6. The number of esters is 1. The fraction of sp³-hybridized carbons (Fsp3) is 0.891. The number of phosphoric acid groups is 1. The number of quaternary nitrogens is 1. The van der Waals surface area contributed by atoms with Crippen molar-refractivity contribution in [3.63, 3.8) is 0 Å². The average Bonchev–Trinajstić information content (AvgIpc) is 3.13. The molecular formula is C46H90NO7P. The highest BCUT2D eigenvalue weighted by Crippen LogP contribution is 2.38. The Balaban J connectivity index is 4.25. The topological polar surface area (TPSA) is 94.1 Å². The molecule has 0 aliphatic carbocycles. The summed E-state index contributed by atoms with van der Waals surface area (Å²) in [7, 11) is 1.32. The lowest BCUT2D eigenvalue weighted by Crippen LogP contribution is -2.37. The van der Waals surface area contributed by atoms with Gasteiger partial charge in [0, 0.05) is 6.42 Å². The Hall–Kier alpha value is -1.18. The number of likely N-dealkylation sites (N-methyl/N-ethyl adjacent to an activating group) is 1. The first kappa shape index (κ1) is 53.8. The minimum Gasteiger partial charge on any atom is -0.756 e. The van der Waals surface area contributed by atoms with Crippen molar-refractivity contribution >= 4 is 13.8 Å². The third-order valence-corrected chi connectivity index (χ3v) is 11.0. The monoisotopic (exact) mass is 800 g/mol. The number of ether oxygens (including phenoxy) is 2. The summed E-state index contributed by atoms with van der Waals surface area (Å²) in [5, 5.41) is 0. The maximum absolute atomic E-state index is 12.7. The van der Waals surface area contributed by atoms with Crippen molar-refractivity contribution in [2.75, 3.05) is 47.5 Å². The van der Waals surface area contributed by atoms with Crippen LogP contribution in [0.25, 0.3) is 0 Å². The standard InChI is InChI=1S/C46H90NO7P/c1-6-8-10-12-14-16-18-20-22-23-24-26-28-30-32-34-36-38-41-51-43-45(44-53-55(49,50)52-42-40-47(3,4)5)54-46(48)39-37-35-33-31-29-27-25-21-19-17-15-13-11-9-7-2/h27,29,38,41,45H,6-26,28,30-37,39-40,42-44H2,1-5H3/b29-27+,41-38+/t45-/m1/s1. The number of hydrogen-bond acceptors (Lipinski definition) is 7. The normalized spacial score (nSPS) is 13.9. The molecule has 0 saturated carbocycles. The summed E-state index contributed by atoms with van der Waals surface area (Å²) in [6.07, 6.45) is 45.7. The van der Waals surface area contributed by atoms with Gasteiger partial charge < -0.3 is 27.9 Å². The van der Waals surface area contributed by atoms with Crippen LogP contribution in [0.2, 0.25) is 0 Å². The molecule has 0 aromatic carbocycles. The number of nitrogens with zero attached hydrogens (tertiary/aromatic N) is 1. The first-order valence-corrected chi connectivity index (χ1v) is 24.6. The number of hydrogen-bond donors (Lipinski definition) is 0. The summed E-state index contributed by atoms with van der Waals surface area (Å²) in [6.45, 7) is 4.74. The third-order valence-electron chi connectivity index (χ3n) is 10.1. The lowest BCUT2D eigenvalue weighted by Gasteiger charge is -2.28. The molecule has 0 fully saturated rings. The van der Waals surface area contributed by atoms with Gasteiger partial charge in [-0.05, 0) is 51.0 Å². The number of carbonyl (C=O) groups excluding carboxylic acids is 1. The number of carbonyl (C=O) groups is 1. The predicted molar refractivity (Wildman–Crippen MR) is 231 cm³/mol. The van der Waals surface area contributed by atoms with Gasteiger partial charge in [-0.25, -0.2) is 0 Å². The Morgan fingerprint density at radius 3 is 1.40 bits per heavy atom. The summed E-state index contributed by atoms with van der Waals surface area (Å²) in [4.78, 5) is 25.0. The SMILES string of the molecule is CCCCCCCCCC/C=C/CCCCCC(=O)O[C@H](CO/C=C/CCCCCCCCCCCCCCCCCC)COP(=O)([O-])OCC[N+](C)(C)C. The molecule has 0 rings (SSSR count). The summed E-state index contributed by atoms with van der Waals surface area (Å²) in [6, 6.07) is 0. The van der Waals surface area contributed by atoms with Gasteiger partial charge in [-0.3, -0.25) is 9.36 Å². The van der Waals surface area contributed by atoms with E-state index in [1.807, 2.05) is 27.2 Å². The highest BCUT2D eigenvalue weighted by molar-refractivity contribution is 7.45.